The van der Waals surface area contributed by atoms with Crippen LogP contribution in [-0.2, 0) is 0 Å². The van der Waals surface area contributed by atoms with Crippen molar-refractivity contribution in [2.75, 3.05) is 39.3 Å². The summed E-state index contributed by atoms with van der Waals surface area (Å²) in [5.74, 6) is 0. The third kappa shape index (κ3) is 5.59. The minimum Gasteiger partial charge on any atom is -0.396 e. The molecule has 3 nitrogen and oxygen atoms in total. The second kappa shape index (κ2) is 8.77. The maximum Gasteiger partial charge on any atom is 0.251 e. The van der Waals surface area contributed by atoms with Crippen LogP contribution in [0.2, 0.25) is 0 Å². The number of piperazine rings is 1. The van der Waals surface area contributed by atoms with Crippen molar-refractivity contribution in [1.29, 1.82) is 0 Å². The molecule has 1 heterocycles. The maximum absolute atomic E-state index is 12.4. The van der Waals surface area contributed by atoms with Gasteiger partial charge in [-0.3, -0.25) is 4.90 Å². The van der Waals surface area contributed by atoms with Gasteiger partial charge in [-0.25, -0.2) is 8.78 Å². The van der Waals surface area contributed by atoms with Crippen molar-refractivity contribution in [2.24, 2.45) is 0 Å². The number of alkyl halides is 2. The molecule has 0 aliphatic carbocycles. The van der Waals surface area contributed by atoms with E-state index in [1.54, 1.807) is 0 Å². The van der Waals surface area contributed by atoms with Gasteiger partial charge in [0, 0.05) is 32.3 Å². The minimum absolute atomic E-state index is 0.0864. The van der Waals surface area contributed by atoms with Crippen molar-refractivity contribution < 1.29 is 13.9 Å². The van der Waals surface area contributed by atoms with Gasteiger partial charge in [-0.05, 0) is 32.2 Å². The molecular weight excluding hydrogens is 238 g/mol. The highest BCUT2D eigenvalue weighted by atomic mass is 19.3. The SMILES string of the molecule is CCC1CN(CCCCCO)CCN1CC(F)F. The molecule has 0 aromatic heterocycles. The number of aliphatic hydroxyl groups excluding tert-OH is 1. The molecule has 0 saturated carbocycles. The fourth-order valence-corrected chi connectivity index (χ4v) is 2.59. The molecule has 0 bridgehead atoms. The summed E-state index contributed by atoms with van der Waals surface area (Å²) in [7, 11) is 0. The highest BCUT2D eigenvalue weighted by Crippen LogP contribution is 2.15. The third-order valence-electron chi connectivity index (χ3n) is 3.67. The number of halogens is 2. The zero-order chi connectivity index (χ0) is 13.4. The zero-order valence-corrected chi connectivity index (χ0v) is 11.3. The summed E-state index contributed by atoms with van der Waals surface area (Å²) < 4.78 is 24.9. The molecule has 18 heavy (non-hydrogen) atoms. The normalized spacial score (nSPS) is 22.8. The van der Waals surface area contributed by atoms with Crippen molar-refractivity contribution in [3.05, 3.63) is 0 Å². The Hall–Kier alpha value is -0.260. The summed E-state index contributed by atoms with van der Waals surface area (Å²) >= 11 is 0. The highest BCUT2D eigenvalue weighted by molar-refractivity contribution is 4.81. The molecule has 1 atom stereocenters. The minimum atomic E-state index is -2.23. The van der Waals surface area contributed by atoms with Crippen molar-refractivity contribution in [3.63, 3.8) is 0 Å². The Balaban J connectivity index is 2.27. The molecule has 0 aromatic carbocycles. The lowest BCUT2D eigenvalue weighted by Crippen LogP contribution is -2.54. The van der Waals surface area contributed by atoms with Crippen LogP contribution in [0.25, 0.3) is 0 Å². The van der Waals surface area contributed by atoms with E-state index < -0.39 is 6.43 Å². The molecule has 1 unspecified atom stereocenters. The van der Waals surface area contributed by atoms with Crippen LogP contribution in [0, 0.1) is 0 Å². The predicted molar refractivity (Wildman–Crippen MR) is 69.0 cm³/mol. The molecule has 0 radical (unpaired) electrons. The molecule has 1 rings (SSSR count). The lowest BCUT2D eigenvalue weighted by Gasteiger charge is -2.41. The van der Waals surface area contributed by atoms with Gasteiger partial charge in [0.25, 0.3) is 6.43 Å². The summed E-state index contributed by atoms with van der Waals surface area (Å²) in [6, 6.07) is 0.269. The zero-order valence-electron chi connectivity index (χ0n) is 11.3. The number of hydrogen-bond acceptors (Lipinski definition) is 3. The Morgan fingerprint density at radius 2 is 2.00 bits per heavy atom. The second-order valence-electron chi connectivity index (χ2n) is 5.03. The van der Waals surface area contributed by atoms with E-state index in [0.717, 1.165) is 51.9 Å². The molecule has 0 spiro atoms. The van der Waals surface area contributed by atoms with E-state index in [1.165, 1.54) is 0 Å². The number of hydrogen-bond donors (Lipinski definition) is 1. The van der Waals surface area contributed by atoms with Crippen LogP contribution in [0.3, 0.4) is 0 Å². The third-order valence-corrected chi connectivity index (χ3v) is 3.67. The molecule has 1 aliphatic heterocycles. The average molecular weight is 264 g/mol. The molecular formula is C13H26F2N2O. The first-order valence-corrected chi connectivity index (χ1v) is 7.02. The number of unbranched alkanes of at least 4 members (excludes halogenated alkanes) is 2. The number of rotatable bonds is 8. The molecule has 1 fully saturated rings. The van der Waals surface area contributed by atoms with Gasteiger partial charge in [0.05, 0.1) is 6.54 Å². The lowest BCUT2D eigenvalue weighted by atomic mass is 10.1. The van der Waals surface area contributed by atoms with Gasteiger partial charge in [0.15, 0.2) is 0 Å². The van der Waals surface area contributed by atoms with Crippen LogP contribution in [0.5, 0.6) is 0 Å². The van der Waals surface area contributed by atoms with Gasteiger partial charge in [0.2, 0.25) is 0 Å². The Kier molecular flexibility index (Phi) is 7.70. The summed E-state index contributed by atoms with van der Waals surface area (Å²) in [5, 5.41) is 8.71. The van der Waals surface area contributed by atoms with Crippen LogP contribution < -0.4 is 0 Å². The summed E-state index contributed by atoms with van der Waals surface area (Å²) in [6.07, 6.45) is 1.70. The van der Waals surface area contributed by atoms with Crippen LogP contribution in [0.4, 0.5) is 8.78 Å². The van der Waals surface area contributed by atoms with E-state index >= 15 is 0 Å². The largest absolute Gasteiger partial charge is 0.396 e. The predicted octanol–water partition coefficient (Wildman–Crippen LogP) is 1.81. The van der Waals surface area contributed by atoms with Crippen LogP contribution in [-0.4, -0.2) is 66.7 Å². The van der Waals surface area contributed by atoms with E-state index in [4.69, 9.17) is 5.11 Å². The van der Waals surface area contributed by atoms with Crippen molar-refractivity contribution in [1.82, 2.24) is 9.80 Å². The first-order valence-electron chi connectivity index (χ1n) is 7.02. The quantitative estimate of drug-likeness (QED) is 0.677. The first kappa shape index (κ1) is 15.8. The van der Waals surface area contributed by atoms with Crippen molar-refractivity contribution in [3.8, 4) is 0 Å². The van der Waals surface area contributed by atoms with E-state index in [1.807, 2.05) is 4.90 Å². The molecule has 5 heteroatoms. The van der Waals surface area contributed by atoms with E-state index in [0.29, 0.717) is 0 Å². The smallest absolute Gasteiger partial charge is 0.251 e. The molecule has 108 valence electrons. The topological polar surface area (TPSA) is 26.7 Å². The van der Waals surface area contributed by atoms with E-state index in [-0.39, 0.29) is 19.2 Å². The second-order valence-corrected chi connectivity index (χ2v) is 5.03. The van der Waals surface area contributed by atoms with Crippen LogP contribution >= 0.6 is 0 Å². The highest BCUT2D eigenvalue weighted by Gasteiger charge is 2.27. The molecule has 0 amide bonds. The summed E-state index contributed by atoms with van der Waals surface area (Å²) in [6.45, 7) is 5.82. The first-order chi connectivity index (χ1) is 8.67. The molecule has 1 aliphatic rings. The average Bonchev–Trinajstić information content (AvgIpc) is 2.35. The number of aliphatic hydroxyl groups is 1. The van der Waals surface area contributed by atoms with Crippen LogP contribution in [0.15, 0.2) is 0 Å². The molecule has 1 N–H and O–H groups in total. The van der Waals surface area contributed by atoms with Gasteiger partial charge in [0.1, 0.15) is 0 Å². The molecule has 1 saturated heterocycles. The van der Waals surface area contributed by atoms with E-state index in [9.17, 15) is 8.78 Å². The van der Waals surface area contributed by atoms with Gasteiger partial charge in [-0.15, -0.1) is 0 Å². The Labute approximate surface area is 109 Å². The standard InChI is InChI=1S/C13H26F2N2O/c1-2-12-10-16(6-4-3-5-9-18)7-8-17(12)11-13(14)15/h12-13,18H,2-11H2,1H3. The lowest BCUT2D eigenvalue weighted by molar-refractivity contribution is 0.0188. The number of nitrogens with zero attached hydrogens (tertiary/aromatic N) is 2. The Morgan fingerprint density at radius 1 is 1.22 bits per heavy atom. The molecule has 0 aromatic rings. The van der Waals surface area contributed by atoms with Crippen molar-refractivity contribution >= 4 is 0 Å². The fourth-order valence-electron chi connectivity index (χ4n) is 2.59. The van der Waals surface area contributed by atoms with Crippen LogP contribution in [0.1, 0.15) is 32.6 Å². The Bertz CT molecular complexity index is 217. The van der Waals surface area contributed by atoms with Gasteiger partial charge >= 0.3 is 0 Å². The van der Waals surface area contributed by atoms with Gasteiger partial charge < -0.3 is 10.0 Å². The monoisotopic (exact) mass is 264 g/mol. The van der Waals surface area contributed by atoms with E-state index in [2.05, 4.69) is 11.8 Å². The van der Waals surface area contributed by atoms with Crippen molar-refractivity contribution in [2.45, 2.75) is 45.1 Å². The van der Waals surface area contributed by atoms with Gasteiger partial charge in [-0.1, -0.05) is 6.92 Å². The Morgan fingerprint density at radius 3 is 2.61 bits per heavy atom. The maximum atomic E-state index is 12.4. The van der Waals surface area contributed by atoms with Gasteiger partial charge in [-0.2, -0.15) is 0 Å². The summed E-state index contributed by atoms with van der Waals surface area (Å²) in [4.78, 5) is 4.29. The fraction of sp³-hybridized carbons (Fsp3) is 1.00. The summed E-state index contributed by atoms with van der Waals surface area (Å²) in [5.41, 5.74) is 0.